The summed E-state index contributed by atoms with van der Waals surface area (Å²) in [7, 11) is 0. The Balaban J connectivity index is 1.79. The van der Waals surface area contributed by atoms with Crippen molar-refractivity contribution in [1.29, 1.82) is 0 Å². The van der Waals surface area contributed by atoms with Gasteiger partial charge in [0.1, 0.15) is 18.3 Å². The number of phenolic OH excluding ortho intramolecular Hbond substituents is 3. The highest BCUT2D eigenvalue weighted by molar-refractivity contribution is 5.91. The van der Waals surface area contributed by atoms with Crippen molar-refractivity contribution in [3.05, 3.63) is 59.7 Å². The van der Waals surface area contributed by atoms with Crippen LogP contribution < -0.4 is 0 Å². The first kappa shape index (κ1) is 24.0. The summed E-state index contributed by atoms with van der Waals surface area (Å²) in [6, 6.07) is 10.4. The van der Waals surface area contributed by atoms with Crippen LogP contribution in [0.3, 0.4) is 0 Å². The summed E-state index contributed by atoms with van der Waals surface area (Å²) in [5.41, 5.74) is 0.284. The van der Waals surface area contributed by atoms with Gasteiger partial charge in [-0.1, -0.05) is 30.3 Å². The molecule has 0 aromatic heterocycles. The lowest BCUT2D eigenvalue weighted by molar-refractivity contribution is -0.288. The number of aliphatic hydroxyl groups is 3. The van der Waals surface area contributed by atoms with Gasteiger partial charge in [-0.2, -0.15) is 0 Å². The predicted molar refractivity (Wildman–Crippen MR) is 110 cm³/mol. The van der Waals surface area contributed by atoms with Gasteiger partial charge in [0.25, 0.3) is 0 Å². The van der Waals surface area contributed by atoms with Crippen LogP contribution in [0, 0.1) is 0 Å². The number of aliphatic hydroxyl groups excluding tert-OH is 3. The molecule has 11 nitrogen and oxygen atoms in total. The van der Waals surface area contributed by atoms with Gasteiger partial charge in [0.05, 0.1) is 12.2 Å². The van der Waals surface area contributed by atoms with Gasteiger partial charge in [0.2, 0.25) is 6.29 Å². The Morgan fingerprint density at radius 1 is 0.970 bits per heavy atom. The van der Waals surface area contributed by atoms with Crippen molar-refractivity contribution in [2.24, 2.45) is 0 Å². The molecule has 33 heavy (non-hydrogen) atoms. The highest BCUT2D eigenvalue weighted by Gasteiger charge is 2.48. The minimum atomic E-state index is -1.79. The Morgan fingerprint density at radius 3 is 2.21 bits per heavy atom. The summed E-state index contributed by atoms with van der Waals surface area (Å²) in [5, 5.41) is 58.5. The second-order valence-electron chi connectivity index (χ2n) is 7.12. The first-order valence-corrected chi connectivity index (χ1v) is 9.73. The lowest BCUT2D eigenvalue weighted by Crippen LogP contribution is -2.60. The minimum Gasteiger partial charge on any atom is -0.504 e. The molecule has 11 heteroatoms. The number of aromatic hydroxyl groups is 3. The first-order valence-electron chi connectivity index (χ1n) is 9.73. The zero-order valence-electron chi connectivity index (χ0n) is 17.0. The molecule has 5 atom stereocenters. The Morgan fingerprint density at radius 2 is 1.61 bits per heavy atom. The van der Waals surface area contributed by atoms with E-state index in [1.54, 1.807) is 30.3 Å². The standard InChI is InChI=1S/C22H22O11/c23-10-15-18(28)19(29)20(32-16(26)7-6-11-4-2-1-3-5-11)22(31-15)33-21(30)12-8-13(24)17(27)14(25)9-12/h1-9,15,18-20,22-25,27-29H,10H2/t15-,18-,19+,20+,22+/m1/s1. The van der Waals surface area contributed by atoms with Crippen molar-refractivity contribution >= 4 is 18.0 Å². The van der Waals surface area contributed by atoms with E-state index in [-0.39, 0.29) is 0 Å². The Kier molecular flexibility index (Phi) is 7.51. The van der Waals surface area contributed by atoms with E-state index in [1.165, 1.54) is 6.08 Å². The van der Waals surface area contributed by atoms with Crippen LogP contribution in [0.2, 0.25) is 0 Å². The van der Waals surface area contributed by atoms with Gasteiger partial charge >= 0.3 is 11.9 Å². The van der Waals surface area contributed by atoms with Gasteiger partial charge in [-0.05, 0) is 23.8 Å². The summed E-state index contributed by atoms with van der Waals surface area (Å²) in [6.45, 7) is -0.748. The highest BCUT2D eigenvalue weighted by atomic mass is 16.7. The zero-order valence-corrected chi connectivity index (χ0v) is 17.0. The molecule has 0 saturated carbocycles. The number of carbonyl (C=O) groups excluding carboxylic acids is 2. The number of benzene rings is 2. The third kappa shape index (κ3) is 5.59. The van der Waals surface area contributed by atoms with Crippen LogP contribution >= 0.6 is 0 Å². The smallest absolute Gasteiger partial charge is 0.340 e. The van der Waals surface area contributed by atoms with E-state index in [0.29, 0.717) is 5.56 Å². The fourth-order valence-corrected chi connectivity index (χ4v) is 3.07. The third-order valence-electron chi connectivity index (χ3n) is 4.82. The molecule has 0 bridgehead atoms. The van der Waals surface area contributed by atoms with E-state index in [2.05, 4.69) is 0 Å². The van der Waals surface area contributed by atoms with Gasteiger partial charge in [0, 0.05) is 6.08 Å². The third-order valence-corrected chi connectivity index (χ3v) is 4.82. The number of ether oxygens (including phenoxy) is 3. The lowest BCUT2D eigenvalue weighted by atomic mass is 9.99. The average Bonchev–Trinajstić information content (AvgIpc) is 2.81. The number of hydrogen-bond acceptors (Lipinski definition) is 11. The quantitative estimate of drug-likeness (QED) is 0.193. The minimum absolute atomic E-state index is 0.401. The predicted octanol–water partition coefficient (Wildman–Crippen LogP) is 0.0244. The van der Waals surface area contributed by atoms with Crippen LogP contribution in [0.4, 0.5) is 0 Å². The molecule has 6 N–H and O–H groups in total. The van der Waals surface area contributed by atoms with E-state index in [0.717, 1.165) is 18.2 Å². The highest BCUT2D eigenvalue weighted by Crippen LogP contribution is 2.36. The van der Waals surface area contributed by atoms with Gasteiger partial charge in [0.15, 0.2) is 23.4 Å². The summed E-state index contributed by atoms with van der Waals surface area (Å²) < 4.78 is 15.5. The number of hydrogen-bond donors (Lipinski definition) is 6. The number of rotatable bonds is 6. The molecule has 0 unspecified atom stereocenters. The van der Waals surface area contributed by atoms with Gasteiger partial charge in [-0.25, -0.2) is 9.59 Å². The molecular weight excluding hydrogens is 440 g/mol. The molecule has 1 fully saturated rings. The Labute approximate surface area is 187 Å². The van der Waals surface area contributed by atoms with Crippen LogP contribution in [0.15, 0.2) is 48.5 Å². The fourth-order valence-electron chi connectivity index (χ4n) is 3.07. The topological polar surface area (TPSA) is 183 Å². The van der Waals surface area contributed by atoms with E-state index in [1.807, 2.05) is 0 Å². The van der Waals surface area contributed by atoms with Gasteiger partial charge in [-0.3, -0.25) is 0 Å². The van der Waals surface area contributed by atoms with Crippen molar-refractivity contribution in [2.45, 2.75) is 30.7 Å². The van der Waals surface area contributed by atoms with E-state index < -0.39 is 72.1 Å². The maximum Gasteiger partial charge on any atom is 0.340 e. The molecular formula is C22H22O11. The van der Waals surface area contributed by atoms with Crippen LogP contribution in [0.25, 0.3) is 6.08 Å². The van der Waals surface area contributed by atoms with Gasteiger partial charge < -0.3 is 44.8 Å². The van der Waals surface area contributed by atoms with E-state index >= 15 is 0 Å². The number of esters is 2. The maximum atomic E-state index is 12.5. The molecule has 0 spiro atoms. The molecule has 0 aliphatic carbocycles. The molecule has 0 radical (unpaired) electrons. The second kappa shape index (κ2) is 10.3. The van der Waals surface area contributed by atoms with E-state index in [4.69, 9.17) is 14.2 Å². The lowest BCUT2D eigenvalue weighted by Gasteiger charge is -2.40. The first-order chi connectivity index (χ1) is 15.7. The largest absolute Gasteiger partial charge is 0.504 e. The SMILES string of the molecule is O=C(C=Cc1ccccc1)O[C@@H]1[C@H](OC(=O)c2cc(O)c(O)c(O)c2)O[C@H](CO)[C@@H](O)[C@@H]1O. The molecule has 3 rings (SSSR count). The average molecular weight is 462 g/mol. The van der Waals surface area contributed by atoms with Crippen LogP contribution in [-0.2, 0) is 19.0 Å². The summed E-state index contributed by atoms with van der Waals surface area (Å²) in [5.74, 6) is -4.58. The van der Waals surface area contributed by atoms with Crippen molar-refractivity contribution in [3.63, 3.8) is 0 Å². The number of phenols is 3. The molecule has 1 aliphatic rings. The summed E-state index contributed by atoms with van der Waals surface area (Å²) in [4.78, 5) is 24.8. The fraction of sp³-hybridized carbons (Fsp3) is 0.273. The molecule has 1 heterocycles. The van der Waals surface area contributed by atoms with Crippen LogP contribution in [0.5, 0.6) is 17.2 Å². The Bertz CT molecular complexity index is 997. The van der Waals surface area contributed by atoms with Gasteiger partial charge in [-0.15, -0.1) is 0 Å². The van der Waals surface area contributed by atoms with E-state index in [9.17, 15) is 40.2 Å². The van der Waals surface area contributed by atoms with Crippen molar-refractivity contribution in [1.82, 2.24) is 0 Å². The van der Waals surface area contributed by atoms with Crippen molar-refractivity contribution < 1.29 is 54.4 Å². The monoisotopic (exact) mass is 462 g/mol. The second-order valence-corrected chi connectivity index (χ2v) is 7.12. The molecule has 176 valence electrons. The number of carbonyl (C=O) groups is 2. The van der Waals surface area contributed by atoms with Crippen molar-refractivity contribution in [2.75, 3.05) is 6.61 Å². The molecule has 2 aromatic carbocycles. The molecule has 1 aliphatic heterocycles. The van der Waals surface area contributed by atoms with Crippen LogP contribution in [-0.4, -0.2) is 79.9 Å². The normalized spacial score (nSPS) is 25.0. The molecule has 0 amide bonds. The zero-order chi connectivity index (χ0) is 24.1. The summed E-state index contributed by atoms with van der Waals surface area (Å²) in [6.07, 6.45) is -5.77. The summed E-state index contributed by atoms with van der Waals surface area (Å²) >= 11 is 0. The molecule has 2 aromatic rings. The maximum absolute atomic E-state index is 12.5. The van der Waals surface area contributed by atoms with Crippen molar-refractivity contribution in [3.8, 4) is 17.2 Å². The van der Waals surface area contributed by atoms with Crippen LogP contribution in [0.1, 0.15) is 15.9 Å². The Hall–Kier alpha value is -3.64. The molecule has 1 saturated heterocycles.